The summed E-state index contributed by atoms with van der Waals surface area (Å²) in [6.07, 6.45) is 0.536. The Morgan fingerprint density at radius 3 is 2.32 bits per heavy atom. The van der Waals surface area contributed by atoms with Gasteiger partial charge in [0.25, 0.3) is 0 Å². The molecule has 0 saturated carbocycles. The van der Waals surface area contributed by atoms with Gasteiger partial charge in [-0.1, -0.05) is 45.0 Å². The Morgan fingerprint density at radius 1 is 1.16 bits per heavy atom. The molecule has 0 atom stereocenters. The number of benzene rings is 1. The first-order valence-corrected chi connectivity index (χ1v) is 7.00. The van der Waals surface area contributed by atoms with Gasteiger partial charge in [-0.05, 0) is 23.5 Å². The SMILES string of the molecule is CCNC(=O)CCNCc1ccc(C(C)(C)C)cc1. The maximum absolute atomic E-state index is 11.3. The molecular formula is C16H26N2O. The summed E-state index contributed by atoms with van der Waals surface area (Å²) in [6, 6.07) is 8.67. The lowest BCUT2D eigenvalue weighted by Crippen LogP contribution is -2.27. The zero-order valence-corrected chi connectivity index (χ0v) is 12.5. The van der Waals surface area contributed by atoms with E-state index in [2.05, 4.69) is 55.7 Å². The van der Waals surface area contributed by atoms with Crippen LogP contribution >= 0.6 is 0 Å². The van der Waals surface area contributed by atoms with Crippen molar-refractivity contribution >= 4 is 5.91 Å². The minimum Gasteiger partial charge on any atom is -0.356 e. The highest BCUT2D eigenvalue weighted by Gasteiger charge is 2.12. The van der Waals surface area contributed by atoms with Crippen LogP contribution in [0.15, 0.2) is 24.3 Å². The number of carbonyl (C=O) groups excluding carboxylic acids is 1. The molecular weight excluding hydrogens is 236 g/mol. The van der Waals surface area contributed by atoms with Crippen LogP contribution in [-0.2, 0) is 16.8 Å². The average Bonchev–Trinajstić information content (AvgIpc) is 2.34. The first kappa shape index (κ1) is 15.7. The normalized spacial score (nSPS) is 11.4. The van der Waals surface area contributed by atoms with Gasteiger partial charge in [0.15, 0.2) is 0 Å². The standard InChI is InChI=1S/C16H26N2O/c1-5-18-15(19)10-11-17-12-13-6-8-14(9-7-13)16(2,3)4/h6-9,17H,5,10-12H2,1-4H3,(H,18,19). The molecule has 0 unspecified atom stereocenters. The molecule has 0 aromatic heterocycles. The topological polar surface area (TPSA) is 41.1 Å². The van der Waals surface area contributed by atoms with E-state index in [0.29, 0.717) is 19.5 Å². The maximum atomic E-state index is 11.3. The number of rotatable bonds is 6. The number of amides is 1. The van der Waals surface area contributed by atoms with E-state index in [4.69, 9.17) is 0 Å². The third-order valence-electron chi connectivity index (χ3n) is 3.05. The van der Waals surface area contributed by atoms with Gasteiger partial charge < -0.3 is 10.6 Å². The highest BCUT2D eigenvalue weighted by molar-refractivity contribution is 5.75. The molecule has 106 valence electrons. The Labute approximate surface area is 116 Å². The molecule has 3 nitrogen and oxygen atoms in total. The zero-order valence-electron chi connectivity index (χ0n) is 12.5. The smallest absolute Gasteiger partial charge is 0.221 e. The lowest BCUT2D eigenvalue weighted by molar-refractivity contribution is -0.120. The number of hydrogen-bond acceptors (Lipinski definition) is 2. The van der Waals surface area contributed by atoms with Crippen LogP contribution in [-0.4, -0.2) is 19.0 Å². The Kier molecular flexibility index (Phi) is 6.03. The van der Waals surface area contributed by atoms with Gasteiger partial charge in [0.05, 0.1) is 0 Å². The Balaban J connectivity index is 2.33. The summed E-state index contributed by atoms with van der Waals surface area (Å²) in [7, 11) is 0. The fourth-order valence-electron chi connectivity index (χ4n) is 1.84. The summed E-state index contributed by atoms with van der Waals surface area (Å²) in [5.41, 5.74) is 2.80. The fraction of sp³-hybridized carbons (Fsp3) is 0.562. The number of nitrogens with one attached hydrogen (secondary N) is 2. The first-order valence-electron chi connectivity index (χ1n) is 7.00. The summed E-state index contributed by atoms with van der Waals surface area (Å²) in [5, 5.41) is 6.08. The van der Waals surface area contributed by atoms with E-state index in [1.165, 1.54) is 11.1 Å². The number of hydrogen-bond donors (Lipinski definition) is 2. The van der Waals surface area contributed by atoms with Crippen LogP contribution in [0, 0.1) is 0 Å². The van der Waals surface area contributed by atoms with Crippen molar-refractivity contribution in [3.05, 3.63) is 35.4 Å². The highest BCUT2D eigenvalue weighted by atomic mass is 16.1. The zero-order chi connectivity index (χ0) is 14.3. The quantitative estimate of drug-likeness (QED) is 0.774. The average molecular weight is 262 g/mol. The van der Waals surface area contributed by atoms with E-state index in [-0.39, 0.29) is 11.3 Å². The molecule has 0 heterocycles. The molecule has 1 aromatic carbocycles. The van der Waals surface area contributed by atoms with Gasteiger partial charge in [0, 0.05) is 26.1 Å². The molecule has 0 saturated heterocycles. The molecule has 2 N–H and O–H groups in total. The fourth-order valence-corrected chi connectivity index (χ4v) is 1.84. The summed E-state index contributed by atoms with van der Waals surface area (Å²) < 4.78 is 0. The van der Waals surface area contributed by atoms with Crippen LogP contribution < -0.4 is 10.6 Å². The van der Waals surface area contributed by atoms with Crippen LogP contribution in [0.1, 0.15) is 45.2 Å². The van der Waals surface area contributed by atoms with Crippen molar-refractivity contribution < 1.29 is 4.79 Å². The molecule has 19 heavy (non-hydrogen) atoms. The van der Waals surface area contributed by atoms with Crippen LogP contribution in [0.5, 0.6) is 0 Å². The molecule has 0 spiro atoms. The van der Waals surface area contributed by atoms with Crippen molar-refractivity contribution in [3.8, 4) is 0 Å². The third kappa shape index (κ3) is 5.88. The maximum Gasteiger partial charge on any atom is 0.221 e. The van der Waals surface area contributed by atoms with Crippen molar-refractivity contribution in [2.24, 2.45) is 0 Å². The second-order valence-corrected chi connectivity index (χ2v) is 5.83. The van der Waals surface area contributed by atoms with Crippen molar-refractivity contribution in [2.75, 3.05) is 13.1 Å². The molecule has 0 radical (unpaired) electrons. The Hall–Kier alpha value is -1.35. The van der Waals surface area contributed by atoms with Crippen molar-refractivity contribution in [2.45, 2.75) is 46.1 Å². The van der Waals surface area contributed by atoms with Gasteiger partial charge in [-0.3, -0.25) is 4.79 Å². The summed E-state index contributed by atoms with van der Waals surface area (Å²) in [4.78, 5) is 11.3. The second-order valence-electron chi connectivity index (χ2n) is 5.83. The minimum atomic E-state index is 0.109. The third-order valence-corrected chi connectivity index (χ3v) is 3.05. The largest absolute Gasteiger partial charge is 0.356 e. The van der Waals surface area contributed by atoms with Crippen molar-refractivity contribution in [3.63, 3.8) is 0 Å². The summed E-state index contributed by atoms with van der Waals surface area (Å²) in [5.74, 6) is 0.109. The molecule has 0 fully saturated rings. The number of carbonyl (C=O) groups is 1. The van der Waals surface area contributed by atoms with Gasteiger partial charge in [0.1, 0.15) is 0 Å². The lowest BCUT2D eigenvalue weighted by atomic mass is 9.87. The highest BCUT2D eigenvalue weighted by Crippen LogP contribution is 2.22. The Bertz CT molecular complexity index is 390. The monoisotopic (exact) mass is 262 g/mol. The van der Waals surface area contributed by atoms with Crippen molar-refractivity contribution in [1.82, 2.24) is 10.6 Å². The van der Waals surface area contributed by atoms with E-state index in [1.807, 2.05) is 6.92 Å². The molecule has 0 aliphatic carbocycles. The predicted molar refractivity (Wildman–Crippen MR) is 80.1 cm³/mol. The van der Waals surface area contributed by atoms with Gasteiger partial charge >= 0.3 is 0 Å². The van der Waals surface area contributed by atoms with Crippen LogP contribution in [0.2, 0.25) is 0 Å². The predicted octanol–water partition coefficient (Wildman–Crippen LogP) is 2.60. The molecule has 0 aliphatic heterocycles. The first-order chi connectivity index (χ1) is 8.93. The molecule has 0 bridgehead atoms. The van der Waals surface area contributed by atoms with Crippen LogP contribution in [0.4, 0.5) is 0 Å². The molecule has 1 aromatic rings. The molecule has 0 aliphatic rings. The van der Waals surface area contributed by atoms with Crippen molar-refractivity contribution in [1.29, 1.82) is 0 Å². The van der Waals surface area contributed by atoms with Crippen LogP contribution in [0.3, 0.4) is 0 Å². The molecule has 1 amide bonds. The summed E-state index contributed by atoms with van der Waals surface area (Å²) >= 11 is 0. The van der Waals surface area contributed by atoms with Gasteiger partial charge in [-0.2, -0.15) is 0 Å². The van der Waals surface area contributed by atoms with E-state index in [9.17, 15) is 4.79 Å². The Morgan fingerprint density at radius 2 is 1.79 bits per heavy atom. The molecule has 1 rings (SSSR count). The lowest BCUT2D eigenvalue weighted by Gasteiger charge is -2.19. The van der Waals surface area contributed by atoms with Gasteiger partial charge in [-0.15, -0.1) is 0 Å². The van der Waals surface area contributed by atoms with Gasteiger partial charge in [-0.25, -0.2) is 0 Å². The molecule has 3 heteroatoms. The minimum absolute atomic E-state index is 0.109. The summed E-state index contributed by atoms with van der Waals surface area (Å²) in [6.45, 7) is 10.8. The second kappa shape index (κ2) is 7.29. The van der Waals surface area contributed by atoms with E-state index in [1.54, 1.807) is 0 Å². The van der Waals surface area contributed by atoms with Crippen LogP contribution in [0.25, 0.3) is 0 Å². The van der Waals surface area contributed by atoms with E-state index < -0.39 is 0 Å². The van der Waals surface area contributed by atoms with Gasteiger partial charge in [0.2, 0.25) is 5.91 Å². The van der Waals surface area contributed by atoms with E-state index in [0.717, 1.165) is 6.54 Å². The van der Waals surface area contributed by atoms with E-state index >= 15 is 0 Å².